The van der Waals surface area contributed by atoms with Gasteiger partial charge in [0.2, 0.25) is 0 Å². The highest BCUT2D eigenvalue weighted by Crippen LogP contribution is 2.34. The molecule has 2 heterocycles. The number of aliphatic imine (C=N–C) groups is 1. The van der Waals surface area contributed by atoms with E-state index in [1.807, 2.05) is 6.92 Å². The molecule has 1 saturated carbocycles. The lowest BCUT2D eigenvalue weighted by molar-refractivity contribution is 0.0368. The fourth-order valence-corrected chi connectivity index (χ4v) is 3.19. The van der Waals surface area contributed by atoms with E-state index >= 15 is 0 Å². The first-order valence-electron chi connectivity index (χ1n) is 8.70. The van der Waals surface area contributed by atoms with Gasteiger partial charge in [0.15, 0.2) is 5.96 Å². The number of aliphatic hydroxyl groups is 1. The zero-order valence-corrected chi connectivity index (χ0v) is 13.5. The van der Waals surface area contributed by atoms with E-state index in [9.17, 15) is 5.11 Å². The summed E-state index contributed by atoms with van der Waals surface area (Å²) in [5.74, 6) is 1.50. The van der Waals surface area contributed by atoms with Crippen LogP contribution in [-0.2, 0) is 9.47 Å². The first-order chi connectivity index (χ1) is 10.7. The van der Waals surface area contributed by atoms with E-state index in [0.717, 1.165) is 37.9 Å². The molecule has 3 rings (SSSR count). The molecule has 0 aromatic heterocycles. The summed E-state index contributed by atoms with van der Waals surface area (Å²) in [6.07, 6.45) is 6.13. The van der Waals surface area contributed by atoms with E-state index in [1.54, 1.807) is 0 Å². The Hall–Kier alpha value is -0.850. The third kappa shape index (κ3) is 4.57. The molecule has 3 fully saturated rings. The number of hydrogen-bond donors (Lipinski definition) is 3. The fraction of sp³-hybridized carbons (Fsp3) is 0.938. The summed E-state index contributed by atoms with van der Waals surface area (Å²) in [7, 11) is 0. The first-order valence-corrected chi connectivity index (χ1v) is 8.70. The SMILES string of the molecule is CCNC(=NCC(O)COCC1CC1)NC1CC2CCC1O2. The van der Waals surface area contributed by atoms with Gasteiger partial charge in [0.25, 0.3) is 0 Å². The molecule has 4 atom stereocenters. The maximum Gasteiger partial charge on any atom is 0.191 e. The quantitative estimate of drug-likeness (QED) is 0.453. The van der Waals surface area contributed by atoms with Crippen molar-refractivity contribution in [2.75, 3.05) is 26.3 Å². The molecular weight excluding hydrogens is 282 g/mol. The van der Waals surface area contributed by atoms with Crippen molar-refractivity contribution in [1.82, 2.24) is 10.6 Å². The molecule has 0 aromatic carbocycles. The second-order valence-electron chi connectivity index (χ2n) is 6.71. The molecule has 126 valence electrons. The summed E-state index contributed by atoms with van der Waals surface area (Å²) in [5, 5.41) is 16.6. The van der Waals surface area contributed by atoms with Crippen molar-refractivity contribution in [2.24, 2.45) is 10.9 Å². The Bertz CT molecular complexity index is 387. The summed E-state index contributed by atoms with van der Waals surface area (Å²) in [5.41, 5.74) is 0. The van der Waals surface area contributed by atoms with Crippen molar-refractivity contribution < 1.29 is 14.6 Å². The largest absolute Gasteiger partial charge is 0.389 e. The van der Waals surface area contributed by atoms with Crippen molar-refractivity contribution in [3.05, 3.63) is 0 Å². The maximum atomic E-state index is 9.95. The van der Waals surface area contributed by atoms with Gasteiger partial charge in [-0.3, -0.25) is 4.99 Å². The van der Waals surface area contributed by atoms with E-state index in [-0.39, 0.29) is 0 Å². The molecule has 0 aromatic rings. The van der Waals surface area contributed by atoms with E-state index in [0.29, 0.717) is 31.4 Å². The van der Waals surface area contributed by atoms with Crippen LogP contribution in [0.2, 0.25) is 0 Å². The Kier molecular flexibility index (Phi) is 5.55. The zero-order chi connectivity index (χ0) is 15.4. The number of fused-ring (bicyclic) bond motifs is 2. The van der Waals surface area contributed by atoms with Crippen LogP contribution in [0.4, 0.5) is 0 Å². The van der Waals surface area contributed by atoms with Crippen LogP contribution in [0.25, 0.3) is 0 Å². The van der Waals surface area contributed by atoms with Crippen LogP contribution >= 0.6 is 0 Å². The molecule has 3 aliphatic rings. The Morgan fingerprint density at radius 2 is 2.23 bits per heavy atom. The summed E-state index contributed by atoms with van der Waals surface area (Å²) >= 11 is 0. The lowest BCUT2D eigenvalue weighted by Gasteiger charge is -2.23. The Morgan fingerprint density at radius 1 is 1.36 bits per heavy atom. The minimum absolute atomic E-state index is 0.320. The van der Waals surface area contributed by atoms with Crippen molar-refractivity contribution in [3.8, 4) is 0 Å². The fourth-order valence-electron chi connectivity index (χ4n) is 3.19. The van der Waals surface area contributed by atoms with Crippen LogP contribution in [0, 0.1) is 5.92 Å². The van der Waals surface area contributed by atoms with Gasteiger partial charge < -0.3 is 25.2 Å². The molecule has 2 saturated heterocycles. The smallest absolute Gasteiger partial charge is 0.191 e. The molecule has 0 spiro atoms. The third-order valence-corrected chi connectivity index (χ3v) is 4.59. The minimum atomic E-state index is -0.537. The van der Waals surface area contributed by atoms with Crippen molar-refractivity contribution in [3.63, 3.8) is 0 Å². The van der Waals surface area contributed by atoms with Crippen molar-refractivity contribution in [1.29, 1.82) is 0 Å². The Labute approximate surface area is 132 Å². The number of ether oxygens (including phenoxy) is 2. The highest BCUT2D eigenvalue weighted by Gasteiger charge is 2.41. The number of rotatable bonds is 8. The van der Waals surface area contributed by atoms with Crippen LogP contribution in [0.5, 0.6) is 0 Å². The van der Waals surface area contributed by atoms with Gasteiger partial charge in [-0.15, -0.1) is 0 Å². The number of aliphatic hydroxyl groups excluding tert-OH is 1. The highest BCUT2D eigenvalue weighted by atomic mass is 16.5. The van der Waals surface area contributed by atoms with Crippen molar-refractivity contribution >= 4 is 5.96 Å². The third-order valence-electron chi connectivity index (χ3n) is 4.59. The maximum absolute atomic E-state index is 9.95. The number of guanidine groups is 1. The second kappa shape index (κ2) is 7.62. The summed E-state index contributed by atoms with van der Waals surface area (Å²) < 4.78 is 11.4. The average Bonchev–Trinajstić information content (AvgIpc) is 3.09. The van der Waals surface area contributed by atoms with Crippen LogP contribution in [-0.4, -0.2) is 61.7 Å². The van der Waals surface area contributed by atoms with Crippen LogP contribution in [0.3, 0.4) is 0 Å². The van der Waals surface area contributed by atoms with E-state index in [2.05, 4.69) is 15.6 Å². The summed E-state index contributed by atoms with van der Waals surface area (Å²) in [6.45, 7) is 4.37. The van der Waals surface area contributed by atoms with Crippen LogP contribution in [0.15, 0.2) is 4.99 Å². The molecule has 22 heavy (non-hydrogen) atoms. The normalized spacial score (nSPS) is 32.3. The number of nitrogens with one attached hydrogen (secondary N) is 2. The topological polar surface area (TPSA) is 75.1 Å². The van der Waals surface area contributed by atoms with Gasteiger partial charge in [0.1, 0.15) is 0 Å². The molecule has 0 radical (unpaired) electrons. The van der Waals surface area contributed by atoms with E-state index in [1.165, 1.54) is 19.3 Å². The predicted octanol–water partition coefficient (Wildman–Crippen LogP) is 0.649. The average molecular weight is 311 g/mol. The van der Waals surface area contributed by atoms with Crippen LogP contribution in [0.1, 0.15) is 39.0 Å². The van der Waals surface area contributed by atoms with Gasteiger partial charge in [-0.2, -0.15) is 0 Å². The van der Waals surface area contributed by atoms with Gasteiger partial charge in [0.05, 0.1) is 37.5 Å². The number of hydrogen-bond acceptors (Lipinski definition) is 4. The second-order valence-corrected chi connectivity index (χ2v) is 6.71. The lowest BCUT2D eigenvalue weighted by Crippen LogP contribution is -2.47. The molecule has 0 amide bonds. The van der Waals surface area contributed by atoms with Gasteiger partial charge in [0, 0.05) is 13.2 Å². The molecule has 1 aliphatic carbocycles. The van der Waals surface area contributed by atoms with Gasteiger partial charge in [-0.25, -0.2) is 0 Å². The summed E-state index contributed by atoms with van der Waals surface area (Å²) in [4.78, 5) is 4.48. The van der Waals surface area contributed by atoms with Crippen molar-refractivity contribution in [2.45, 2.75) is 63.4 Å². The number of nitrogens with zero attached hydrogens (tertiary/aromatic N) is 1. The van der Waals surface area contributed by atoms with Gasteiger partial charge >= 0.3 is 0 Å². The van der Waals surface area contributed by atoms with Gasteiger partial charge in [-0.1, -0.05) is 0 Å². The first kappa shape index (κ1) is 16.0. The van der Waals surface area contributed by atoms with Crippen LogP contribution < -0.4 is 10.6 Å². The highest BCUT2D eigenvalue weighted by molar-refractivity contribution is 5.80. The molecule has 2 aliphatic heterocycles. The molecular formula is C16H29N3O3. The van der Waals surface area contributed by atoms with E-state index < -0.39 is 6.10 Å². The monoisotopic (exact) mass is 311 g/mol. The lowest BCUT2D eigenvalue weighted by atomic mass is 9.96. The summed E-state index contributed by atoms with van der Waals surface area (Å²) in [6, 6.07) is 0.347. The Morgan fingerprint density at radius 3 is 2.86 bits per heavy atom. The van der Waals surface area contributed by atoms with E-state index in [4.69, 9.17) is 9.47 Å². The Balaban J connectivity index is 1.40. The van der Waals surface area contributed by atoms with Gasteiger partial charge in [-0.05, 0) is 44.9 Å². The molecule has 6 heteroatoms. The molecule has 3 N–H and O–H groups in total. The molecule has 4 unspecified atom stereocenters. The minimum Gasteiger partial charge on any atom is -0.389 e. The zero-order valence-electron chi connectivity index (χ0n) is 13.5. The predicted molar refractivity (Wildman–Crippen MR) is 85.0 cm³/mol. The molecule has 6 nitrogen and oxygen atoms in total. The molecule has 2 bridgehead atoms. The standard InChI is InChI=1S/C16H29N3O3/c1-2-17-16(19-14-7-13-5-6-15(14)22-13)18-8-12(20)10-21-9-11-3-4-11/h11-15,20H,2-10H2,1H3,(H2,17,18,19).